The van der Waals surface area contributed by atoms with E-state index < -0.39 is 5.76 Å². The van der Waals surface area contributed by atoms with Crippen LogP contribution in [0.5, 0.6) is 0 Å². The summed E-state index contributed by atoms with van der Waals surface area (Å²) in [4.78, 5) is 26.3. The van der Waals surface area contributed by atoms with Gasteiger partial charge in [-0.1, -0.05) is 26.0 Å². The van der Waals surface area contributed by atoms with Crippen LogP contribution in [0.4, 0.5) is 0 Å². The number of aryl methyl sites for hydroxylation is 1. The first-order chi connectivity index (χ1) is 10.9. The first-order valence-corrected chi connectivity index (χ1v) is 8.00. The standard InChI is InChI=1S/C17H23N3O3.ClH/c1-17(2)11-19(9-7-14(17)18)15(21)8-10-20-12-5-3-4-6-13(12)23-16(20)22;/h3-6,14H,7-11,18H2,1-2H3;1H. The molecule has 0 spiro atoms. The highest BCUT2D eigenvalue weighted by molar-refractivity contribution is 5.85. The highest BCUT2D eigenvalue weighted by Crippen LogP contribution is 2.28. The van der Waals surface area contributed by atoms with E-state index in [9.17, 15) is 9.59 Å². The van der Waals surface area contributed by atoms with E-state index in [1.54, 1.807) is 6.07 Å². The van der Waals surface area contributed by atoms with E-state index in [0.29, 0.717) is 25.2 Å². The smallest absolute Gasteiger partial charge is 0.408 e. The summed E-state index contributed by atoms with van der Waals surface area (Å²) in [7, 11) is 0. The normalized spacial score (nSPS) is 20.0. The molecule has 2 N–H and O–H groups in total. The molecule has 2 heterocycles. The number of nitrogens with zero attached hydrogens (tertiary/aromatic N) is 2. The number of fused-ring (bicyclic) bond motifs is 1. The van der Waals surface area contributed by atoms with E-state index in [1.165, 1.54) is 4.57 Å². The number of hydrogen-bond acceptors (Lipinski definition) is 4. The van der Waals surface area contributed by atoms with Crippen LogP contribution >= 0.6 is 12.4 Å². The van der Waals surface area contributed by atoms with Crippen molar-refractivity contribution in [1.29, 1.82) is 0 Å². The zero-order valence-corrected chi connectivity index (χ0v) is 14.8. The van der Waals surface area contributed by atoms with Gasteiger partial charge in [-0.2, -0.15) is 0 Å². The van der Waals surface area contributed by atoms with Crippen molar-refractivity contribution in [2.45, 2.75) is 39.3 Å². The third-order valence-electron chi connectivity index (χ3n) is 4.79. The predicted octanol–water partition coefficient (Wildman–Crippen LogP) is 1.99. The lowest BCUT2D eigenvalue weighted by molar-refractivity contribution is -0.134. The monoisotopic (exact) mass is 353 g/mol. The molecule has 0 radical (unpaired) electrons. The number of rotatable bonds is 3. The van der Waals surface area contributed by atoms with Crippen LogP contribution in [-0.2, 0) is 11.3 Å². The van der Waals surface area contributed by atoms with Crippen molar-refractivity contribution in [3.63, 3.8) is 0 Å². The Labute approximate surface area is 147 Å². The average molecular weight is 354 g/mol. The Morgan fingerprint density at radius 2 is 2.08 bits per heavy atom. The summed E-state index contributed by atoms with van der Waals surface area (Å²) in [6, 6.07) is 7.37. The van der Waals surface area contributed by atoms with Gasteiger partial charge in [0, 0.05) is 32.1 Å². The summed E-state index contributed by atoms with van der Waals surface area (Å²) in [6.45, 7) is 5.85. The minimum Gasteiger partial charge on any atom is -0.408 e. The molecular weight excluding hydrogens is 330 g/mol. The molecule has 1 saturated heterocycles. The fraction of sp³-hybridized carbons (Fsp3) is 0.529. The van der Waals surface area contributed by atoms with Gasteiger partial charge in [0.15, 0.2) is 5.58 Å². The van der Waals surface area contributed by atoms with Crippen LogP contribution in [0.25, 0.3) is 11.1 Å². The number of benzene rings is 1. The second-order valence-electron chi connectivity index (χ2n) is 6.94. The third-order valence-corrected chi connectivity index (χ3v) is 4.79. The van der Waals surface area contributed by atoms with Gasteiger partial charge < -0.3 is 15.1 Å². The number of oxazole rings is 1. The number of halogens is 1. The van der Waals surface area contributed by atoms with Crippen molar-refractivity contribution in [2.24, 2.45) is 11.1 Å². The molecule has 1 aliphatic rings. The topological polar surface area (TPSA) is 81.5 Å². The molecule has 1 aromatic heterocycles. The van der Waals surface area contributed by atoms with E-state index in [2.05, 4.69) is 13.8 Å². The molecule has 1 atom stereocenters. The highest BCUT2D eigenvalue weighted by atomic mass is 35.5. The van der Waals surface area contributed by atoms with Crippen molar-refractivity contribution >= 4 is 29.4 Å². The average Bonchev–Trinajstić information content (AvgIpc) is 2.83. The Kier molecular flexibility index (Phi) is 5.40. The first-order valence-electron chi connectivity index (χ1n) is 8.00. The lowest BCUT2D eigenvalue weighted by Crippen LogP contribution is -2.54. The number of aromatic nitrogens is 1. The third kappa shape index (κ3) is 3.49. The molecule has 1 aromatic carbocycles. The molecule has 1 fully saturated rings. The Hall–Kier alpha value is -1.79. The van der Waals surface area contributed by atoms with Crippen LogP contribution in [0, 0.1) is 5.41 Å². The van der Waals surface area contributed by atoms with Crippen molar-refractivity contribution in [1.82, 2.24) is 9.47 Å². The number of carbonyl (C=O) groups excluding carboxylic acids is 1. The van der Waals surface area contributed by atoms with E-state index in [4.69, 9.17) is 10.2 Å². The molecule has 2 aromatic rings. The molecule has 24 heavy (non-hydrogen) atoms. The summed E-state index contributed by atoms with van der Waals surface area (Å²) in [5, 5.41) is 0. The number of hydrogen-bond donors (Lipinski definition) is 1. The van der Waals surface area contributed by atoms with E-state index in [0.717, 1.165) is 11.9 Å². The van der Waals surface area contributed by atoms with Crippen molar-refractivity contribution in [3.05, 3.63) is 34.8 Å². The molecular formula is C17H24ClN3O3. The maximum Gasteiger partial charge on any atom is 0.419 e. The minimum atomic E-state index is -0.417. The Morgan fingerprint density at radius 3 is 2.79 bits per heavy atom. The zero-order chi connectivity index (χ0) is 16.6. The fourth-order valence-corrected chi connectivity index (χ4v) is 3.18. The lowest BCUT2D eigenvalue weighted by atomic mass is 9.79. The van der Waals surface area contributed by atoms with Crippen molar-refractivity contribution in [3.8, 4) is 0 Å². The van der Waals surface area contributed by atoms with Gasteiger partial charge >= 0.3 is 5.76 Å². The van der Waals surface area contributed by atoms with Crippen LogP contribution in [0.1, 0.15) is 26.7 Å². The fourth-order valence-electron chi connectivity index (χ4n) is 3.18. The molecule has 6 nitrogen and oxygen atoms in total. The minimum absolute atomic E-state index is 0. The zero-order valence-electron chi connectivity index (χ0n) is 14.0. The molecule has 7 heteroatoms. The summed E-state index contributed by atoms with van der Waals surface area (Å²) in [6.07, 6.45) is 1.10. The first kappa shape index (κ1) is 18.5. The summed E-state index contributed by atoms with van der Waals surface area (Å²) in [5.41, 5.74) is 7.31. The SMILES string of the molecule is CC1(C)CN(C(=O)CCn2c(=O)oc3ccccc32)CCC1N.Cl. The van der Waals surface area contributed by atoms with Gasteiger partial charge in [0.1, 0.15) is 0 Å². The molecule has 3 rings (SSSR count). The summed E-state index contributed by atoms with van der Waals surface area (Å²) in [5.74, 6) is -0.359. The maximum atomic E-state index is 12.5. The van der Waals surface area contributed by atoms with Crippen molar-refractivity contribution in [2.75, 3.05) is 13.1 Å². The number of carbonyl (C=O) groups is 1. The van der Waals surface area contributed by atoms with Gasteiger partial charge in [-0.25, -0.2) is 4.79 Å². The molecule has 0 saturated carbocycles. The van der Waals surface area contributed by atoms with Crippen LogP contribution in [0.2, 0.25) is 0 Å². The van der Waals surface area contributed by atoms with Gasteiger partial charge in [-0.15, -0.1) is 12.4 Å². The van der Waals surface area contributed by atoms with Crippen LogP contribution < -0.4 is 11.5 Å². The quantitative estimate of drug-likeness (QED) is 0.914. The Bertz CT molecular complexity index is 781. The Morgan fingerprint density at radius 1 is 1.38 bits per heavy atom. The van der Waals surface area contributed by atoms with Gasteiger partial charge in [-0.3, -0.25) is 9.36 Å². The molecule has 0 bridgehead atoms. The predicted molar refractivity (Wildman–Crippen MR) is 95.3 cm³/mol. The molecule has 132 valence electrons. The molecule has 1 aliphatic heterocycles. The number of nitrogens with two attached hydrogens (primary N) is 1. The van der Waals surface area contributed by atoms with Crippen LogP contribution in [-0.4, -0.2) is 34.5 Å². The van der Waals surface area contributed by atoms with Gasteiger partial charge in [-0.05, 0) is 24.0 Å². The molecule has 0 aliphatic carbocycles. The Balaban J connectivity index is 0.00000208. The van der Waals surface area contributed by atoms with Gasteiger partial charge in [0.25, 0.3) is 0 Å². The summed E-state index contributed by atoms with van der Waals surface area (Å²) >= 11 is 0. The number of para-hydroxylation sites is 2. The highest BCUT2D eigenvalue weighted by Gasteiger charge is 2.35. The van der Waals surface area contributed by atoms with Crippen LogP contribution in [0.3, 0.4) is 0 Å². The van der Waals surface area contributed by atoms with E-state index in [1.807, 2.05) is 23.1 Å². The van der Waals surface area contributed by atoms with Gasteiger partial charge in [0.2, 0.25) is 5.91 Å². The molecule has 1 amide bonds. The number of piperidine rings is 1. The second-order valence-corrected chi connectivity index (χ2v) is 6.94. The number of amides is 1. The molecule has 1 unspecified atom stereocenters. The van der Waals surface area contributed by atoms with E-state index >= 15 is 0 Å². The largest absolute Gasteiger partial charge is 0.419 e. The van der Waals surface area contributed by atoms with Crippen molar-refractivity contribution < 1.29 is 9.21 Å². The summed E-state index contributed by atoms with van der Waals surface area (Å²) < 4.78 is 6.71. The lowest BCUT2D eigenvalue weighted by Gasteiger charge is -2.42. The van der Waals surface area contributed by atoms with Crippen LogP contribution in [0.15, 0.2) is 33.5 Å². The maximum absolute atomic E-state index is 12.5. The second kappa shape index (κ2) is 6.99. The van der Waals surface area contributed by atoms with E-state index in [-0.39, 0.29) is 36.2 Å². The number of likely N-dealkylation sites (tertiary alicyclic amines) is 1. The van der Waals surface area contributed by atoms with Gasteiger partial charge in [0.05, 0.1) is 5.52 Å².